The molecule has 5 rings (SSSR count). The number of H-pyrrole nitrogens is 1. The van der Waals surface area contributed by atoms with Gasteiger partial charge in [0.1, 0.15) is 17.8 Å². The quantitative estimate of drug-likeness (QED) is 0.180. The minimum Gasteiger partial charge on any atom is -0.497 e. The number of ether oxygens (including phenoxy) is 1. The summed E-state index contributed by atoms with van der Waals surface area (Å²) in [5.74, 6) is -9.66. The zero-order valence-corrected chi connectivity index (χ0v) is 37.4. The normalized spacial score (nSPS) is 27.4. The van der Waals surface area contributed by atoms with Crippen molar-refractivity contribution < 1.29 is 53.0 Å². The number of Topliss-reactive ketones (excluding diaryl/α,β-unsaturated/α-hetero) is 2. The Morgan fingerprint density at radius 3 is 2.22 bits per heavy atom. The zero-order valence-electron chi connectivity index (χ0n) is 36.5. The molecular formula is C43H60N8O11S. The van der Waals surface area contributed by atoms with E-state index in [1.165, 1.54) is 7.11 Å². The summed E-state index contributed by atoms with van der Waals surface area (Å²) in [5.41, 5.74) is 6.76. The first kappa shape index (κ1) is 48.5. The number of aliphatic hydroxyl groups is 1. The molecule has 2 aromatic rings. The van der Waals surface area contributed by atoms with Crippen molar-refractivity contribution in [2.75, 3.05) is 32.5 Å². The molecule has 0 aliphatic carbocycles. The predicted molar refractivity (Wildman–Crippen MR) is 231 cm³/mol. The molecule has 4 heterocycles. The van der Waals surface area contributed by atoms with E-state index in [4.69, 9.17) is 10.5 Å². The number of benzene rings is 1. The maximum absolute atomic E-state index is 14.7. The molecule has 0 saturated carbocycles. The summed E-state index contributed by atoms with van der Waals surface area (Å²) in [6, 6.07) is 0.329. The van der Waals surface area contributed by atoms with Gasteiger partial charge in [0.15, 0.2) is 11.6 Å². The van der Waals surface area contributed by atoms with Crippen molar-refractivity contribution in [2.45, 2.75) is 108 Å². The molecule has 3 aliphatic rings. The van der Waals surface area contributed by atoms with E-state index in [2.05, 4.69) is 31.6 Å². The molecule has 1 saturated heterocycles. The van der Waals surface area contributed by atoms with Crippen LogP contribution in [0, 0.1) is 29.6 Å². The first-order valence-corrected chi connectivity index (χ1v) is 22.4. The molecule has 9 N–H and O–H groups in total. The highest BCUT2D eigenvalue weighted by atomic mass is 32.2. The highest BCUT2D eigenvalue weighted by molar-refractivity contribution is 7.99. The van der Waals surface area contributed by atoms with Gasteiger partial charge in [-0.05, 0) is 41.9 Å². The van der Waals surface area contributed by atoms with Gasteiger partial charge in [0.05, 0.1) is 54.8 Å². The van der Waals surface area contributed by atoms with Crippen LogP contribution in [-0.4, -0.2) is 131 Å². The fraction of sp³-hybridized carbons (Fsp3) is 0.605. The van der Waals surface area contributed by atoms with Gasteiger partial charge in [-0.1, -0.05) is 41.0 Å². The lowest BCUT2D eigenvalue weighted by Gasteiger charge is -2.32. The Morgan fingerprint density at radius 1 is 0.889 bits per heavy atom. The van der Waals surface area contributed by atoms with Gasteiger partial charge in [-0.2, -0.15) is 0 Å². The fourth-order valence-corrected chi connectivity index (χ4v) is 9.39. The predicted octanol–water partition coefficient (Wildman–Crippen LogP) is -0.149. The summed E-state index contributed by atoms with van der Waals surface area (Å²) in [5, 5.41) is 25.2. The maximum atomic E-state index is 14.7. The van der Waals surface area contributed by atoms with Crippen LogP contribution in [0.25, 0.3) is 10.9 Å². The third-order valence-corrected chi connectivity index (χ3v) is 13.6. The van der Waals surface area contributed by atoms with Crippen LogP contribution in [0.4, 0.5) is 0 Å². The van der Waals surface area contributed by atoms with E-state index in [0.29, 0.717) is 33.7 Å². The highest BCUT2D eigenvalue weighted by Crippen LogP contribution is 2.36. The number of fused-ring (bicyclic) bond motifs is 5. The van der Waals surface area contributed by atoms with E-state index in [1.807, 2.05) is 20.8 Å². The number of thioether (sulfide) groups is 1. The van der Waals surface area contributed by atoms with E-state index in [0.717, 1.165) is 16.7 Å². The summed E-state index contributed by atoms with van der Waals surface area (Å²) in [6.07, 6.45) is -2.57. The lowest BCUT2D eigenvalue weighted by Crippen LogP contribution is -2.56. The number of hydrogen-bond donors (Lipinski definition) is 8. The standard InChI is InChI=1S/C43H60N8O11S/c1-7-21(4)37-41(60)46-16-35(56)47-30-19-63-42-28(27-9-8-26(62-6)15-29(27)48-42)10-23(39(58)45-17-36(57)49-37)11-33(54)38(22(5)20(2)3)50-40(59)31-14-25(52)18-51(31)43(61)24(12-32(30)53)13-34(44)55/h8-9,15,20-25,30-31,37-38,48,52H,7,10-14,16-19H2,1-6H3,(H2,44,55)(H,45,58)(H,46,60)(H,47,56)(H,49,57)(H,50,59)/t21-,22-,23+,24-,25+,30-,31?,37-,38+/m0/s1. The van der Waals surface area contributed by atoms with Gasteiger partial charge >= 0.3 is 0 Å². The zero-order chi connectivity index (χ0) is 46.3. The molecule has 2 bridgehead atoms. The highest BCUT2D eigenvalue weighted by Gasteiger charge is 2.44. The van der Waals surface area contributed by atoms with E-state index in [9.17, 15) is 48.3 Å². The van der Waals surface area contributed by atoms with Crippen molar-refractivity contribution in [3.8, 4) is 5.75 Å². The van der Waals surface area contributed by atoms with E-state index in [-0.39, 0.29) is 31.1 Å². The minimum absolute atomic E-state index is 0.0643. The van der Waals surface area contributed by atoms with Crippen molar-refractivity contribution in [2.24, 2.45) is 35.3 Å². The lowest BCUT2D eigenvalue weighted by atomic mass is 9.83. The Labute approximate surface area is 369 Å². The molecular weight excluding hydrogens is 837 g/mol. The van der Waals surface area contributed by atoms with Crippen LogP contribution in [0.3, 0.4) is 0 Å². The van der Waals surface area contributed by atoms with Crippen molar-refractivity contribution >= 4 is 75.6 Å². The van der Waals surface area contributed by atoms with Crippen molar-refractivity contribution in [3.05, 3.63) is 23.8 Å². The number of nitrogens with zero attached hydrogens (tertiary/aromatic N) is 1. The van der Waals surface area contributed by atoms with Crippen molar-refractivity contribution in [1.82, 2.24) is 36.5 Å². The molecule has 63 heavy (non-hydrogen) atoms. The third kappa shape index (κ3) is 12.0. The molecule has 9 atom stereocenters. The van der Waals surface area contributed by atoms with Gasteiger partial charge in [0.25, 0.3) is 0 Å². The summed E-state index contributed by atoms with van der Waals surface area (Å²) < 4.78 is 5.46. The number of rotatable bonds is 7. The molecule has 0 radical (unpaired) electrons. The van der Waals surface area contributed by atoms with Crippen LogP contribution < -0.4 is 37.1 Å². The topological polar surface area (TPSA) is 288 Å². The van der Waals surface area contributed by atoms with Gasteiger partial charge in [-0.3, -0.25) is 43.2 Å². The number of nitrogens with two attached hydrogens (primary N) is 1. The maximum Gasteiger partial charge on any atom is 0.243 e. The molecule has 19 nitrogen and oxygen atoms in total. The molecule has 20 heteroatoms. The number of carbonyl (C=O) groups excluding carboxylic acids is 9. The van der Waals surface area contributed by atoms with Gasteiger partial charge in [0.2, 0.25) is 41.4 Å². The van der Waals surface area contributed by atoms with Crippen LogP contribution in [-0.2, 0) is 49.6 Å². The summed E-state index contributed by atoms with van der Waals surface area (Å²) in [7, 11) is 1.50. The van der Waals surface area contributed by atoms with Crippen molar-refractivity contribution in [3.63, 3.8) is 0 Å². The Balaban J connectivity index is 1.70. The average molecular weight is 897 g/mol. The van der Waals surface area contributed by atoms with Crippen LogP contribution in [0.1, 0.15) is 72.3 Å². The van der Waals surface area contributed by atoms with E-state index >= 15 is 0 Å². The summed E-state index contributed by atoms with van der Waals surface area (Å²) in [6.45, 7) is 7.59. The SMILES string of the molecule is CC[C@H](C)[C@@H]1NC(=O)CNC(=O)[C@H]2CC(=O)[C@@H]([C@@H](C)C(C)C)NC(=O)C3C[C@@H](O)CN3C(=O)[C@H](CC(N)=O)CC(=O)[C@H](CSc3[nH]c4cc(OC)ccc4c3C2)NC(=O)CNC1=O. The lowest BCUT2D eigenvalue weighted by molar-refractivity contribution is -0.145. The van der Waals surface area contributed by atoms with Gasteiger partial charge in [0, 0.05) is 55.4 Å². The molecule has 1 fully saturated rings. The van der Waals surface area contributed by atoms with Crippen LogP contribution in [0.5, 0.6) is 5.75 Å². The molecule has 0 spiro atoms. The number of aromatic nitrogens is 1. The number of aliphatic hydroxyl groups excluding tert-OH is 1. The Hall–Kier alpha value is -5.50. The van der Waals surface area contributed by atoms with Crippen LogP contribution in [0.15, 0.2) is 23.2 Å². The van der Waals surface area contributed by atoms with Crippen molar-refractivity contribution in [1.29, 1.82) is 0 Å². The number of amides is 7. The molecule has 1 aromatic heterocycles. The largest absolute Gasteiger partial charge is 0.497 e. The Kier molecular flexibility index (Phi) is 16.4. The second-order valence-corrected chi connectivity index (χ2v) is 18.3. The smallest absolute Gasteiger partial charge is 0.243 e. The second-order valence-electron chi connectivity index (χ2n) is 17.2. The number of primary amides is 1. The molecule has 1 unspecified atom stereocenters. The Bertz CT molecular complexity index is 2110. The second kappa shape index (κ2) is 21.2. The van der Waals surface area contributed by atoms with Crippen LogP contribution in [0.2, 0.25) is 0 Å². The number of ketones is 2. The molecule has 344 valence electrons. The number of hydrogen-bond acceptors (Lipinski definition) is 12. The number of nitrogens with one attached hydrogen (secondary N) is 6. The first-order chi connectivity index (χ1) is 29.8. The number of methoxy groups -OCH3 is 1. The van der Waals surface area contributed by atoms with Gasteiger partial charge in [-0.15, -0.1) is 11.8 Å². The average Bonchev–Trinajstić information content (AvgIpc) is 3.81. The minimum atomic E-state index is -1.40. The molecule has 1 aromatic carbocycles. The molecule has 7 amide bonds. The monoisotopic (exact) mass is 896 g/mol. The van der Waals surface area contributed by atoms with Gasteiger partial charge < -0.3 is 52.0 Å². The third-order valence-electron chi connectivity index (χ3n) is 12.5. The number of carbonyl (C=O) groups is 9. The summed E-state index contributed by atoms with van der Waals surface area (Å²) in [4.78, 5) is 129. The summed E-state index contributed by atoms with van der Waals surface area (Å²) >= 11 is 1.12. The Morgan fingerprint density at radius 2 is 1.57 bits per heavy atom. The van der Waals surface area contributed by atoms with E-state index in [1.54, 1.807) is 32.0 Å². The fourth-order valence-electron chi connectivity index (χ4n) is 8.23. The van der Waals surface area contributed by atoms with Crippen LogP contribution >= 0.6 is 11.8 Å². The van der Waals surface area contributed by atoms with Gasteiger partial charge in [-0.25, -0.2) is 0 Å². The first-order valence-electron chi connectivity index (χ1n) is 21.4. The molecule has 3 aliphatic heterocycles. The van der Waals surface area contributed by atoms with E-state index < -0.39 is 139 Å². The number of aromatic amines is 1.